The Labute approximate surface area is 377 Å². The van der Waals surface area contributed by atoms with Gasteiger partial charge in [-0.2, -0.15) is 4.98 Å². The molecule has 12 rings (SSSR count). The Bertz CT molecular complexity index is 2710. The van der Waals surface area contributed by atoms with E-state index in [9.17, 15) is 24.0 Å². The number of hydrogen-bond acceptors (Lipinski definition) is 8. The lowest BCUT2D eigenvalue weighted by Gasteiger charge is -2.43. The summed E-state index contributed by atoms with van der Waals surface area (Å²) in [5.41, 5.74) is 6.52. The van der Waals surface area contributed by atoms with Crippen molar-refractivity contribution in [2.24, 2.45) is 5.92 Å². The van der Waals surface area contributed by atoms with Gasteiger partial charge in [0.05, 0.1) is 40.2 Å². The van der Waals surface area contributed by atoms with E-state index >= 15 is 0 Å². The van der Waals surface area contributed by atoms with Gasteiger partial charge in [0, 0.05) is 53.6 Å². The molecule has 1 N–H and O–H groups in total. The van der Waals surface area contributed by atoms with Crippen LogP contribution in [0, 0.1) is 5.92 Å². The quantitative estimate of drug-likeness (QED) is 0.216. The number of carbonyl (C=O) groups is 4. The number of hydrogen-bond donors (Lipinski definition) is 1. The summed E-state index contributed by atoms with van der Waals surface area (Å²) < 4.78 is 8.67. The highest BCUT2D eigenvalue weighted by molar-refractivity contribution is 6.35. The van der Waals surface area contributed by atoms with Gasteiger partial charge in [0.2, 0.25) is 17.7 Å². The number of piperidine rings is 3. The number of fused-ring (bicyclic) bond motifs is 11. The van der Waals surface area contributed by atoms with Gasteiger partial charge in [-0.3, -0.25) is 33.9 Å². The largest absolute Gasteiger partial charge is 0.492 e. The molecule has 5 fully saturated rings. The van der Waals surface area contributed by atoms with Crippen LogP contribution in [0.2, 0.25) is 5.02 Å². The highest BCUT2D eigenvalue weighted by Crippen LogP contribution is 2.53. The smallest absolute Gasteiger partial charge is 0.282 e. The van der Waals surface area contributed by atoms with Gasteiger partial charge in [-0.25, -0.2) is 0 Å². The van der Waals surface area contributed by atoms with Crippen LogP contribution in [-0.2, 0) is 31.8 Å². The van der Waals surface area contributed by atoms with E-state index in [0.717, 1.165) is 124 Å². The Morgan fingerprint density at radius 2 is 1.64 bits per heavy atom. The molecule has 64 heavy (non-hydrogen) atoms. The van der Waals surface area contributed by atoms with Crippen LogP contribution in [0.15, 0.2) is 53.3 Å². The number of ether oxygens (including phenoxy) is 1. The summed E-state index contributed by atoms with van der Waals surface area (Å²) in [5, 5.41) is 3.34. The van der Waals surface area contributed by atoms with Gasteiger partial charge in [0.25, 0.3) is 11.5 Å². The highest BCUT2D eigenvalue weighted by atomic mass is 35.5. The lowest BCUT2D eigenvalue weighted by Crippen LogP contribution is -2.52. The van der Waals surface area contributed by atoms with Gasteiger partial charge in [0.1, 0.15) is 17.6 Å². The van der Waals surface area contributed by atoms with Crippen LogP contribution in [0.5, 0.6) is 5.75 Å². The van der Waals surface area contributed by atoms with Gasteiger partial charge >= 0.3 is 0 Å². The van der Waals surface area contributed by atoms with Crippen molar-refractivity contribution >= 4 is 46.1 Å². The molecule has 12 nitrogen and oxygen atoms in total. The average molecular weight is 883 g/mol. The fraction of sp³-hybridized carbons (Fsp3) is 0.529. The molecule has 1 aromatic heterocycles. The zero-order valence-electron chi connectivity index (χ0n) is 36.3. The molecule has 3 saturated heterocycles. The van der Waals surface area contributed by atoms with Gasteiger partial charge in [-0.1, -0.05) is 61.5 Å². The van der Waals surface area contributed by atoms with Gasteiger partial charge < -0.3 is 19.4 Å². The van der Waals surface area contributed by atoms with E-state index < -0.39 is 11.9 Å². The van der Waals surface area contributed by atoms with Crippen molar-refractivity contribution in [3.63, 3.8) is 0 Å². The van der Waals surface area contributed by atoms with Gasteiger partial charge in [-0.15, -0.1) is 0 Å². The molecule has 8 aliphatic rings. The molecule has 2 aliphatic carbocycles. The SMILES string of the molecule is O=C1CC[C@H](N2Cc3c(ccc4c3OCC43CCN(C(=O)C4CCCC(N5CCC(c6ccc7c(c6)-n6c(nc(=O)c8c(Cl)cccc86)C76CCCCC6)CC5)C4)CC3)C2=O)C(=O)N1. The number of rotatable bonds is 4. The van der Waals surface area contributed by atoms with E-state index in [4.69, 9.17) is 21.3 Å². The standard InChI is InChI=1S/C51H55ClN6O6/c52-38-8-5-9-39-43(38)46(61)54-49-51(18-2-1-3-19-51)36-12-10-31(27-41(36)58(39)49)30-16-22-55(23-17-30)33-7-4-6-32(26-33)47(62)56-24-20-50(21-25-56)29-64-44-35-28-57(40-14-15-42(59)53-45(40)60)48(63)34(35)11-13-37(44)50/h5,8-13,27,30,32-33,40H,1-4,6-7,14-26,28-29H2,(H,53,59,60)/t32?,33?,40-/m0/s1. The molecule has 2 saturated carbocycles. The van der Waals surface area contributed by atoms with Crippen molar-refractivity contribution in [2.75, 3.05) is 32.8 Å². The monoisotopic (exact) mass is 882 g/mol. The molecule has 2 unspecified atom stereocenters. The Balaban J connectivity index is 0.697. The van der Waals surface area contributed by atoms with E-state index in [1.807, 2.05) is 24.3 Å². The average Bonchev–Trinajstić information content (AvgIpc) is 3.93. The molecular formula is C51H55ClN6O6. The van der Waals surface area contributed by atoms with E-state index in [-0.39, 0.29) is 40.5 Å². The normalized spacial score (nSPS) is 26.2. The minimum Gasteiger partial charge on any atom is -0.492 e. The van der Waals surface area contributed by atoms with Crippen LogP contribution < -0.4 is 15.6 Å². The highest BCUT2D eigenvalue weighted by Gasteiger charge is 2.50. The van der Waals surface area contributed by atoms with Crippen LogP contribution in [-0.4, -0.2) is 92.7 Å². The molecule has 4 aromatic rings. The van der Waals surface area contributed by atoms with Crippen molar-refractivity contribution < 1.29 is 23.9 Å². The number of imide groups is 1. The van der Waals surface area contributed by atoms with E-state index in [1.54, 1.807) is 11.0 Å². The van der Waals surface area contributed by atoms with Crippen molar-refractivity contribution in [1.82, 2.24) is 29.6 Å². The first kappa shape index (κ1) is 40.4. The lowest BCUT2D eigenvalue weighted by molar-refractivity contribution is -0.139. The Morgan fingerprint density at radius 1 is 0.844 bits per heavy atom. The first-order valence-corrected chi connectivity index (χ1v) is 24.3. The Kier molecular flexibility index (Phi) is 9.64. The first-order chi connectivity index (χ1) is 31.1. The van der Waals surface area contributed by atoms with Gasteiger partial charge in [-0.05, 0) is 119 Å². The van der Waals surface area contributed by atoms with Crippen LogP contribution in [0.4, 0.5) is 0 Å². The molecule has 3 aromatic carbocycles. The topological polar surface area (TPSA) is 134 Å². The predicted octanol–water partition coefficient (Wildman–Crippen LogP) is 7.05. The summed E-state index contributed by atoms with van der Waals surface area (Å²) in [5.74, 6) is 1.53. The Morgan fingerprint density at radius 3 is 2.44 bits per heavy atom. The third-order valence-corrected chi connectivity index (χ3v) is 17.4. The molecular weight excluding hydrogens is 828 g/mol. The predicted molar refractivity (Wildman–Crippen MR) is 241 cm³/mol. The number of benzene rings is 3. The summed E-state index contributed by atoms with van der Waals surface area (Å²) in [6, 6.07) is 16.5. The molecule has 2 spiro atoms. The molecule has 4 amide bonds. The minimum absolute atomic E-state index is 0.0395. The van der Waals surface area contributed by atoms with Crippen molar-refractivity contribution in [3.8, 4) is 11.4 Å². The Hall–Kier alpha value is -5.07. The zero-order chi connectivity index (χ0) is 43.5. The molecule has 7 heterocycles. The summed E-state index contributed by atoms with van der Waals surface area (Å²) >= 11 is 6.64. The summed E-state index contributed by atoms with van der Waals surface area (Å²) in [6.07, 6.45) is 13.9. The summed E-state index contributed by atoms with van der Waals surface area (Å²) in [4.78, 5) is 76.8. The number of nitrogens with zero attached hydrogens (tertiary/aromatic N) is 5. The fourth-order valence-corrected chi connectivity index (χ4v) is 13.8. The van der Waals surface area contributed by atoms with Crippen LogP contribution in [0.3, 0.4) is 0 Å². The summed E-state index contributed by atoms with van der Waals surface area (Å²) in [7, 11) is 0. The number of carbonyl (C=O) groups excluding carboxylic acids is 4. The van der Waals surface area contributed by atoms with Crippen molar-refractivity contribution in [1.29, 1.82) is 0 Å². The van der Waals surface area contributed by atoms with Gasteiger partial charge in [0.15, 0.2) is 0 Å². The molecule has 0 radical (unpaired) electrons. The third kappa shape index (κ3) is 6.17. The summed E-state index contributed by atoms with van der Waals surface area (Å²) in [6.45, 7) is 4.24. The number of nitrogens with one attached hydrogen (secondary N) is 1. The minimum atomic E-state index is -0.663. The second-order valence-corrected chi connectivity index (χ2v) is 20.6. The second-order valence-electron chi connectivity index (χ2n) is 20.2. The molecule has 332 valence electrons. The molecule has 6 aliphatic heterocycles. The first-order valence-electron chi connectivity index (χ1n) is 24.0. The fourth-order valence-electron chi connectivity index (χ4n) is 13.6. The van der Waals surface area contributed by atoms with Crippen LogP contribution in [0.1, 0.15) is 141 Å². The third-order valence-electron chi connectivity index (χ3n) is 17.1. The van der Waals surface area contributed by atoms with E-state index in [1.165, 1.54) is 17.5 Å². The van der Waals surface area contributed by atoms with Crippen molar-refractivity contribution in [3.05, 3.63) is 97.5 Å². The lowest BCUT2D eigenvalue weighted by atomic mass is 9.69. The molecule has 3 atom stereocenters. The zero-order valence-corrected chi connectivity index (χ0v) is 37.1. The number of likely N-dealkylation sites (tertiary alicyclic amines) is 2. The second kappa shape index (κ2) is 15.3. The van der Waals surface area contributed by atoms with E-state index in [2.05, 4.69) is 37.9 Å². The van der Waals surface area contributed by atoms with E-state index in [0.29, 0.717) is 66.5 Å². The number of amides is 4. The maximum atomic E-state index is 14.3. The maximum absolute atomic E-state index is 14.3. The maximum Gasteiger partial charge on any atom is 0.282 e. The molecule has 13 heteroatoms. The number of halogens is 1. The molecule has 0 bridgehead atoms. The van der Waals surface area contributed by atoms with Crippen LogP contribution in [0.25, 0.3) is 16.6 Å². The van der Waals surface area contributed by atoms with Crippen molar-refractivity contribution in [2.45, 2.75) is 132 Å². The van der Waals surface area contributed by atoms with Crippen LogP contribution >= 0.6 is 11.6 Å². The number of aromatic nitrogens is 2.